The van der Waals surface area contributed by atoms with Gasteiger partial charge in [-0.3, -0.25) is 9.53 Å². The topological polar surface area (TPSA) is 105 Å². The highest BCUT2D eigenvalue weighted by atomic mass is 19.4. The van der Waals surface area contributed by atoms with Gasteiger partial charge in [-0.2, -0.15) is 0 Å². The summed E-state index contributed by atoms with van der Waals surface area (Å²) in [5, 5.41) is 10.4. The van der Waals surface area contributed by atoms with Crippen LogP contribution in [0, 0.1) is 5.82 Å². The fourth-order valence-corrected chi connectivity index (χ4v) is 3.91. The summed E-state index contributed by atoms with van der Waals surface area (Å²) in [5.74, 6) is -0.763. The molecular weight excluding hydrogens is 466 g/mol. The molecule has 1 saturated heterocycles. The van der Waals surface area contributed by atoms with Crippen molar-refractivity contribution in [2.45, 2.75) is 55.9 Å². The quantitative estimate of drug-likeness (QED) is 0.564. The summed E-state index contributed by atoms with van der Waals surface area (Å²) in [6.45, 7) is -0.202. The first-order chi connectivity index (χ1) is 16.2. The highest BCUT2D eigenvalue weighted by molar-refractivity contribution is 5.77. The van der Waals surface area contributed by atoms with Crippen molar-refractivity contribution >= 4 is 5.91 Å². The van der Waals surface area contributed by atoms with Gasteiger partial charge in [0.2, 0.25) is 11.8 Å². The molecular formula is C21H23F4N3O6. The van der Waals surface area contributed by atoms with Gasteiger partial charge in [-0.15, -0.1) is 23.4 Å². The standard InChI is InChI=1S/C21H23F4N3O6/c1-30-15-9-13(26-16(29)11-31-14-5-3-12(22)4-6-14)10-32-17(15)18-27-28-19(33-18)20(7-2-8-20)34-21(23,24)25/h3-6,13,15,17H,2,7-11H2,1H3,(H,26,29)/t13-,15+,17+/m1/s1. The zero-order chi connectivity index (χ0) is 24.3. The summed E-state index contributed by atoms with van der Waals surface area (Å²) in [5.41, 5.74) is -1.68. The number of benzene rings is 1. The first-order valence-electron chi connectivity index (χ1n) is 10.6. The largest absolute Gasteiger partial charge is 0.523 e. The van der Waals surface area contributed by atoms with E-state index in [2.05, 4.69) is 20.3 Å². The molecule has 34 heavy (non-hydrogen) atoms. The third-order valence-electron chi connectivity index (χ3n) is 5.73. The summed E-state index contributed by atoms with van der Waals surface area (Å²) in [6, 6.07) is 4.83. The van der Waals surface area contributed by atoms with Gasteiger partial charge >= 0.3 is 6.36 Å². The van der Waals surface area contributed by atoms with Crippen molar-refractivity contribution in [2.24, 2.45) is 0 Å². The number of nitrogens with zero attached hydrogens (tertiary/aromatic N) is 2. The number of carbonyl (C=O) groups is 1. The molecule has 2 aromatic rings. The number of halogens is 4. The number of alkyl halides is 3. The number of nitrogens with one attached hydrogen (secondary N) is 1. The van der Waals surface area contributed by atoms with E-state index in [9.17, 15) is 22.4 Å². The number of rotatable bonds is 8. The molecule has 1 aliphatic carbocycles. The van der Waals surface area contributed by atoms with Crippen LogP contribution in [0.5, 0.6) is 5.75 Å². The van der Waals surface area contributed by atoms with E-state index in [0.717, 1.165) is 0 Å². The van der Waals surface area contributed by atoms with Crippen LogP contribution >= 0.6 is 0 Å². The SMILES string of the molecule is CO[C@H]1C[C@@H](NC(=O)COc2ccc(F)cc2)CO[C@@H]1c1nnc(C2(OC(F)(F)F)CCC2)o1. The van der Waals surface area contributed by atoms with E-state index in [-0.39, 0.29) is 37.8 Å². The Balaban J connectivity index is 1.33. The molecule has 2 heterocycles. The molecule has 1 N–H and O–H groups in total. The fraction of sp³-hybridized carbons (Fsp3) is 0.571. The second-order valence-electron chi connectivity index (χ2n) is 8.11. The maximum absolute atomic E-state index is 12.9. The van der Waals surface area contributed by atoms with Crippen molar-refractivity contribution in [3.05, 3.63) is 41.9 Å². The number of aromatic nitrogens is 2. The average Bonchev–Trinajstić information content (AvgIpc) is 3.25. The van der Waals surface area contributed by atoms with E-state index in [0.29, 0.717) is 18.6 Å². The normalized spacial score (nSPS) is 24.3. The van der Waals surface area contributed by atoms with Crippen LogP contribution in [0.25, 0.3) is 0 Å². The van der Waals surface area contributed by atoms with Crippen LogP contribution in [-0.2, 0) is 24.6 Å². The lowest BCUT2D eigenvalue weighted by atomic mass is 9.80. The molecule has 0 bridgehead atoms. The Morgan fingerprint density at radius 1 is 1.24 bits per heavy atom. The minimum atomic E-state index is -4.84. The van der Waals surface area contributed by atoms with Crippen molar-refractivity contribution in [3.8, 4) is 5.75 Å². The van der Waals surface area contributed by atoms with Crippen LogP contribution < -0.4 is 10.1 Å². The molecule has 1 aromatic heterocycles. The van der Waals surface area contributed by atoms with E-state index in [1.807, 2.05) is 0 Å². The Labute approximate surface area is 191 Å². The molecule has 1 amide bonds. The third kappa shape index (κ3) is 5.65. The van der Waals surface area contributed by atoms with Gasteiger partial charge in [-0.05, 0) is 49.9 Å². The van der Waals surface area contributed by atoms with Crippen LogP contribution in [0.3, 0.4) is 0 Å². The van der Waals surface area contributed by atoms with Crippen molar-refractivity contribution < 1.29 is 45.7 Å². The highest BCUT2D eigenvalue weighted by Crippen LogP contribution is 2.48. The minimum absolute atomic E-state index is 0.0247. The van der Waals surface area contributed by atoms with Crippen molar-refractivity contribution in [3.63, 3.8) is 0 Å². The summed E-state index contributed by atoms with van der Waals surface area (Å²) >= 11 is 0. The van der Waals surface area contributed by atoms with E-state index in [4.69, 9.17) is 18.6 Å². The molecule has 186 valence electrons. The summed E-state index contributed by atoms with van der Waals surface area (Å²) in [6.07, 6.45) is -5.17. The Morgan fingerprint density at radius 2 is 1.97 bits per heavy atom. The first kappa shape index (κ1) is 24.4. The van der Waals surface area contributed by atoms with Crippen LogP contribution in [-0.4, -0.2) is 54.9 Å². The molecule has 1 aliphatic heterocycles. The Hall–Kier alpha value is -2.77. The summed E-state index contributed by atoms with van der Waals surface area (Å²) in [7, 11) is 1.43. The number of hydrogen-bond acceptors (Lipinski definition) is 8. The number of carbonyl (C=O) groups excluding carboxylic acids is 1. The lowest BCUT2D eigenvalue weighted by Gasteiger charge is -2.38. The lowest BCUT2D eigenvalue weighted by molar-refractivity contribution is -0.387. The predicted octanol–water partition coefficient (Wildman–Crippen LogP) is 3.16. The van der Waals surface area contributed by atoms with Crippen LogP contribution in [0.15, 0.2) is 28.7 Å². The van der Waals surface area contributed by atoms with Gasteiger partial charge in [0.1, 0.15) is 11.6 Å². The fourth-order valence-electron chi connectivity index (χ4n) is 3.91. The lowest BCUT2D eigenvalue weighted by Crippen LogP contribution is -2.48. The van der Waals surface area contributed by atoms with Gasteiger partial charge in [-0.1, -0.05) is 0 Å². The van der Waals surface area contributed by atoms with Crippen molar-refractivity contribution in [1.29, 1.82) is 0 Å². The molecule has 13 heteroatoms. The molecule has 3 atom stereocenters. The first-order valence-corrected chi connectivity index (χ1v) is 10.6. The van der Waals surface area contributed by atoms with Gasteiger partial charge in [0.05, 0.1) is 18.8 Å². The third-order valence-corrected chi connectivity index (χ3v) is 5.73. The van der Waals surface area contributed by atoms with E-state index in [1.54, 1.807) is 0 Å². The maximum atomic E-state index is 12.9. The van der Waals surface area contributed by atoms with Crippen LogP contribution in [0.1, 0.15) is 43.6 Å². The molecule has 4 rings (SSSR count). The van der Waals surface area contributed by atoms with Gasteiger partial charge < -0.3 is 23.9 Å². The minimum Gasteiger partial charge on any atom is -0.484 e. The van der Waals surface area contributed by atoms with E-state index < -0.39 is 41.9 Å². The van der Waals surface area contributed by atoms with Crippen LogP contribution in [0.4, 0.5) is 17.6 Å². The number of ether oxygens (including phenoxy) is 4. The maximum Gasteiger partial charge on any atom is 0.523 e. The van der Waals surface area contributed by atoms with Gasteiger partial charge in [0.25, 0.3) is 5.91 Å². The molecule has 1 aromatic carbocycles. The van der Waals surface area contributed by atoms with E-state index in [1.165, 1.54) is 31.4 Å². The smallest absolute Gasteiger partial charge is 0.484 e. The van der Waals surface area contributed by atoms with Gasteiger partial charge in [-0.25, -0.2) is 4.39 Å². The van der Waals surface area contributed by atoms with E-state index >= 15 is 0 Å². The van der Waals surface area contributed by atoms with Crippen LogP contribution in [0.2, 0.25) is 0 Å². The van der Waals surface area contributed by atoms with Gasteiger partial charge in [0, 0.05) is 7.11 Å². The molecule has 0 unspecified atom stereocenters. The average molecular weight is 489 g/mol. The summed E-state index contributed by atoms with van der Waals surface area (Å²) in [4.78, 5) is 12.2. The number of hydrogen-bond donors (Lipinski definition) is 1. The highest BCUT2D eigenvalue weighted by Gasteiger charge is 2.53. The monoisotopic (exact) mass is 489 g/mol. The molecule has 1 saturated carbocycles. The number of methoxy groups -OCH3 is 1. The van der Waals surface area contributed by atoms with Crippen molar-refractivity contribution in [1.82, 2.24) is 15.5 Å². The second kappa shape index (κ2) is 9.84. The van der Waals surface area contributed by atoms with Gasteiger partial charge in [0.15, 0.2) is 18.3 Å². The Bertz CT molecular complexity index is 980. The Morgan fingerprint density at radius 3 is 2.59 bits per heavy atom. The Kier molecular flexibility index (Phi) is 7.05. The molecule has 0 spiro atoms. The second-order valence-corrected chi connectivity index (χ2v) is 8.11. The zero-order valence-corrected chi connectivity index (χ0v) is 18.1. The predicted molar refractivity (Wildman–Crippen MR) is 105 cm³/mol. The molecule has 2 aliphatic rings. The molecule has 2 fully saturated rings. The van der Waals surface area contributed by atoms with Crippen molar-refractivity contribution in [2.75, 3.05) is 20.3 Å². The zero-order valence-electron chi connectivity index (χ0n) is 18.1. The molecule has 0 radical (unpaired) electrons. The summed E-state index contributed by atoms with van der Waals surface area (Å²) < 4.78 is 77.8. The molecule has 9 nitrogen and oxygen atoms in total. The number of amides is 1.